The molecule has 0 bridgehead atoms. The monoisotopic (exact) mass is 1270 g/mol. The van der Waals surface area contributed by atoms with Crippen LogP contribution in [0.2, 0.25) is 0 Å². The normalized spacial score (nSPS) is 53.7. The number of allylic oxidation sites excluding steroid dienone is 2. The molecule has 5 saturated heterocycles. The van der Waals surface area contributed by atoms with Gasteiger partial charge >= 0.3 is 11.9 Å². The number of hydrogen-bond acceptors (Lipinski definition) is 28. The lowest BCUT2D eigenvalue weighted by Crippen LogP contribution is -2.67. The molecule has 504 valence electrons. The Morgan fingerprint density at radius 2 is 1.08 bits per heavy atom. The van der Waals surface area contributed by atoms with E-state index in [0.717, 1.165) is 5.57 Å². The first-order valence-electron chi connectivity index (χ1n) is 30.9. The number of ether oxygens (including phenoxy) is 10. The molecule has 88 heavy (non-hydrogen) atoms. The van der Waals surface area contributed by atoms with Crippen LogP contribution in [0.1, 0.15) is 106 Å². The first-order valence-corrected chi connectivity index (χ1v) is 30.9. The summed E-state index contributed by atoms with van der Waals surface area (Å²) in [7, 11) is 0. The van der Waals surface area contributed by atoms with Crippen molar-refractivity contribution in [3.8, 4) is 0 Å². The van der Waals surface area contributed by atoms with Gasteiger partial charge in [0.2, 0.25) is 6.29 Å². The average Bonchev–Trinajstić information content (AvgIpc) is 0.694. The highest BCUT2D eigenvalue weighted by Crippen LogP contribution is 2.76. The van der Waals surface area contributed by atoms with Gasteiger partial charge in [-0.15, -0.1) is 0 Å². The average molecular weight is 1270 g/mol. The van der Waals surface area contributed by atoms with E-state index in [1.807, 2.05) is 0 Å². The van der Waals surface area contributed by atoms with Crippen molar-refractivity contribution < 1.29 is 144 Å². The second-order valence-electron chi connectivity index (χ2n) is 28.4. The van der Waals surface area contributed by atoms with Crippen molar-refractivity contribution in [2.24, 2.45) is 50.2 Å². The van der Waals surface area contributed by atoms with Crippen molar-refractivity contribution in [1.29, 1.82) is 0 Å². The topological polar surface area (TPSA) is 470 Å². The Bertz CT molecular complexity index is 2490. The highest BCUT2D eigenvalue weighted by atomic mass is 16.8. The summed E-state index contributed by atoms with van der Waals surface area (Å²) in [6.07, 6.45) is -37.3. The maximum Gasteiger partial charge on any atom is 0.315 e. The standard InChI is InChI=1S/C59H94O29/c1-54(2)13-15-59(16-14-56(4)23(24(59)17-54)7-8-30-55(3)11-10-32(85-47-41(72)33(64)25(63)21-79-47)58(6,52(76)77)31(55)9-12-57(30,56)5)53(78)88-50-44(75)45(86-48-42(73)38(69)34(65)26(18-60)81-48)37(68)29(84-50)22-80-51-46(40(71)36(67)28(20-62)83-51)87-49-43(74)39(70)35(66)27(19-61)82-49/h7,24-51,60-75H,8-22H2,1-6H3,(H,76,77). The van der Waals surface area contributed by atoms with Gasteiger partial charge in [0.1, 0.15) is 116 Å². The van der Waals surface area contributed by atoms with Crippen LogP contribution in [0.25, 0.3) is 0 Å². The molecule has 5 aliphatic carbocycles. The lowest BCUT2D eigenvalue weighted by molar-refractivity contribution is -0.377. The molecule has 0 amide bonds. The van der Waals surface area contributed by atoms with Gasteiger partial charge in [-0.3, -0.25) is 9.59 Å². The van der Waals surface area contributed by atoms with Crippen molar-refractivity contribution in [2.45, 2.75) is 259 Å². The number of carbonyl (C=O) groups excluding carboxylic acids is 1. The molecule has 33 unspecified atom stereocenters. The zero-order chi connectivity index (χ0) is 64.3. The van der Waals surface area contributed by atoms with Gasteiger partial charge in [-0.2, -0.15) is 0 Å². The Balaban J connectivity index is 0.931. The zero-order valence-electron chi connectivity index (χ0n) is 50.4. The highest BCUT2D eigenvalue weighted by Gasteiger charge is 2.72. The van der Waals surface area contributed by atoms with Crippen LogP contribution in [0.5, 0.6) is 0 Å². The molecule has 0 spiro atoms. The molecular weight excluding hydrogens is 1170 g/mol. The minimum absolute atomic E-state index is 0.0508. The number of fused-ring (bicyclic) bond motifs is 7. The second-order valence-corrected chi connectivity index (χ2v) is 28.4. The highest BCUT2D eigenvalue weighted by molar-refractivity contribution is 5.79. The number of rotatable bonds is 15. The maximum absolute atomic E-state index is 15.7. The van der Waals surface area contributed by atoms with Crippen molar-refractivity contribution in [3.63, 3.8) is 0 Å². The molecule has 10 aliphatic rings. The molecule has 0 aromatic heterocycles. The van der Waals surface area contributed by atoms with Crippen LogP contribution in [0.4, 0.5) is 0 Å². The van der Waals surface area contributed by atoms with Crippen LogP contribution < -0.4 is 0 Å². The van der Waals surface area contributed by atoms with Crippen LogP contribution in [-0.4, -0.2) is 285 Å². The predicted octanol–water partition coefficient (Wildman–Crippen LogP) is -4.51. The van der Waals surface area contributed by atoms with Gasteiger partial charge in [0.25, 0.3) is 0 Å². The van der Waals surface area contributed by atoms with E-state index in [1.165, 1.54) is 0 Å². The Morgan fingerprint density at radius 1 is 0.534 bits per heavy atom. The number of carboxylic acids is 1. The number of aliphatic carboxylic acids is 1. The van der Waals surface area contributed by atoms with Gasteiger partial charge in [0.05, 0.1) is 50.0 Å². The number of aliphatic hydroxyl groups is 16. The number of aliphatic hydroxyl groups excluding tert-OH is 16. The van der Waals surface area contributed by atoms with Crippen LogP contribution in [0, 0.1) is 50.2 Å². The third-order valence-corrected chi connectivity index (χ3v) is 23.3. The molecule has 10 rings (SSSR count). The summed E-state index contributed by atoms with van der Waals surface area (Å²) in [5.41, 5.74) is -3.46. The molecule has 0 radical (unpaired) electrons. The van der Waals surface area contributed by atoms with E-state index in [0.29, 0.717) is 64.2 Å². The summed E-state index contributed by atoms with van der Waals surface area (Å²) in [5.74, 6) is -2.72. The largest absolute Gasteiger partial charge is 0.481 e. The van der Waals surface area contributed by atoms with E-state index in [1.54, 1.807) is 6.92 Å². The minimum Gasteiger partial charge on any atom is -0.481 e. The fraction of sp³-hybridized carbons (Fsp3) is 0.932. The van der Waals surface area contributed by atoms with Crippen LogP contribution >= 0.6 is 0 Å². The number of carbonyl (C=O) groups is 2. The molecule has 33 atom stereocenters. The summed E-state index contributed by atoms with van der Waals surface area (Å²) in [6.45, 7) is 8.83. The molecule has 0 aromatic carbocycles. The van der Waals surface area contributed by atoms with Crippen molar-refractivity contribution in [3.05, 3.63) is 11.6 Å². The summed E-state index contributed by atoms with van der Waals surface area (Å²) in [6, 6.07) is 0. The van der Waals surface area contributed by atoms with E-state index in [4.69, 9.17) is 47.4 Å². The van der Waals surface area contributed by atoms with Crippen LogP contribution in [-0.2, 0) is 57.0 Å². The Morgan fingerprint density at radius 3 is 1.67 bits per heavy atom. The lowest BCUT2D eigenvalue weighted by atomic mass is 9.33. The van der Waals surface area contributed by atoms with E-state index >= 15 is 4.79 Å². The summed E-state index contributed by atoms with van der Waals surface area (Å²) < 4.78 is 59.3. The maximum atomic E-state index is 15.7. The van der Waals surface area contributed by atoms with E-state index < -0.39 is 231 Å². The third kappa shape index (κ3) is 11.3. The molecule has 0 aromatic rings. The minimum atomic E-state index is -2.11. The molecule has 4 saturated carbocycles. The van der Waals surface area contributed by atoms with Gasteiger partial charge in [0.15, 0.2) is 25.2 Å². The van der Waals surface area contributed by atoms with E-state index in [9.17, 15) is 91.6 Å². The second kappa shape index (κ2) is 25.4. The Kier molecular flexibility index (Phi) is 19.8. The van der Waals surface area contributed by atoms with E-state index in [2.05, 4.69) is 40.7 Å². The van der Waals surface area contributed by atoms with Gasteiger partial charge in [-0.1, -0.05) is 46.3 Å². The van der Waals surface area contributed by atoms with Crippen molar-refractivity contribution in [2.75, 3.05) is 33.0 Å². The molecule has 17 N–H and O–H groups in total. The SMILES string of the molecule is CC1(C)CCC2(C(=O)OC3OC(COC4OC(CO)C(O)C(O)C4OC4OC(CO)C(O)C(O)C4O)C(O)C(OC4OC(CO)C(O)C(O)C4O)C3O)CCC3(C)C(=CCC4C5(C)CCC(OC6OCC(O)C(O)C6O)C(C)(C(=O)O)C5CCC43C)C2C1. The smallest absolute Gasteiger partial charge is 0.315 e. The molecule has 5 aliphatic heterocycles. The summed E-state index contributed by atoms with van der Waals surface area (Å²) in [5, 5.41) is 183. The van der Waals surface area contributed by atoms with E-state index in [-0.39, 0.29) is 17.9 Å². The number of hydrogen-bond donors (Lipinski definition) is 17. The predicted molar refractivity (Wildman–Crippen MR) is 291 cm³/mol. The lowest BCUT2D eigenvalue weighted by Gasteiger charge is -2.71. The van der Waals surface area contributed by atoms with Crippen molar-refractivity contribution >= 4 is 11.9 Å². The number of esters is 1. The Labute approximate surface area is 508 Å². The molecule has 5 heterocycles. The Hall–Kier alpha value is -2.32. The quantitative estimate of drug-likeness (QED) is 0.0417. The first-order chi connectivity index (χ1) is 41.3. The fourth-order valence-electron chi connectivity index (χ4n) is 17.5. The third-order valence-electron chi connectivity index (χ3n) is 23.3. The summed E-state index contributed by atoms with van der Waals surface area (Å²) >= 11 is 0. The zero-order valence-corrected chi connectivity index (χ0v) is 50.4. The van der Waals surface area contributed by atoms with Gasteiger partial charge in [-0.05, 0) is 111 Å². The molecule has 9 fully saturated rings. The van der Waals surface area contributed by atoms with Gasteiger partial charge in [-0.25, -0.2) is 0 Å². The molecule has 29 heteroatoms. The van der Waals surface area contributed by atoms with Crippen molar-refractivity contribution in [1.82, 2.24) is 0 Å². The molecular formula is C59H94O29. The fourth-order valence-corrected chi connectivity index (χ4v) is 17.5. The van der Waals surface area contributed by atoms with Gasteiger partial charge in [0, 0.05) is 0 Å². The molecule has 29 nitrogen and oxygen atoms in total. The van der Waals surface area contributed by atoms with Crippen LogP contribution in [0.15, 0.2) is 11.6 Å². The number of carboxylic acid groups (broad SMARTS) is 1. The first kappa shape index (κ1) is 68.5. The summed E-state index contributed by atoms with van der Waals surface area (Å²) in [4.78, 5) is 29.4. The van der Waals surface area contributed by atoms with Crippen LogP contribution in [0.3, 0.4) is 0 Å². The van der Waals surface area contributed by atoms with Gasteiger partial charge < -0.3 is 134 Å².